The molecule has 0 radical (unpaired) electrons. The Balaban J connectivity index is 2.10. The Kier molecular flexibility index (Phi) is 3.87. The van der Waals surface area contributed by atoms with Crippen molar-refractivity contribution in [2.45, 2.75) is 46.8 Å². The van der Waals surface area contributed by atoms with Crippen molar-refractivity contribution in [3.63, 3.8) is 0 Å². The van der Waals surface area contributed by atoms with Crippen LogP contribution in [0.25, 0.3) is 0 Å². The highest BCUT2D eigenvalue weighted by Gasteiger charge is 2.09. The van der Waals surface area contributed by atoms with E-state index in [1.165, 1.54) is 11.3 Å². The minimum atomic E-state index is 0.455. The molecule has 4 nitrogen and oxygen atoms in total. The second kappa shape index (κ2) is 5.40. The Morgan fingerprint density at radius 2 is 2.17 bits per heavy atom. The molecule has 0 unspecified atom stereocenters. The van der Waals surface area contributed by atoms with Crippen molar-refractivity contribution in [3.8, 4) is 0 Å². The predicted molar refractivity (Wildman–Crippen MR) is 71.5 cm³/mol. The standard InChI is InChI=1S/C14H21N3O/c1-10(2)15-8-14-13(5-6-18-14)9-17-12(4)7-11(3)16-17/h5-7,10,15H,8-9H2,1-4H3. The summed E-state index contributed by atoms with van der Waals surface area (Å²) in [5, 5.41) is 7.85. The molecule has 0 aliphatic carbocycles. The summed E-state index contributed by atoms with van der Waals surface area (Å²) in [6.07, 6.45) is 1.75. The first-order valence-corrected chi connectivity index (χ1v) is 6.36. The van der Waals surface area contributed by atoms with E-state index >= 15 is 0 Å². The molecule has 2 rings (SSSR count). The Morgan fingerprint density at radius 3 is 2.78 bits per heavy atom. The molecule has 1 N–H and O–H groups in total. The van der Waals surface area contributed by atoms with E-state index in [0.717, 1.165) is 24.5 Å². The van der Waals surface area contributed by atoms with Crippen LogP contribution in [-0.2, 0) is 13.1 Å². The van der Waals surface area contributed by atoms with Crippen LogP contribution in [0.15, 0.2) is 22.8 Å². The lowest BCUT2D eigenvalue weighted by atomic mass is 10.2. The van der Waals surface area contributed by atoms with Gasteiger partial charge in [0.15, 0.2) is 0 Å². The van der Waals surface area contributed by atoms with Crippen LogP contribution in [-0.4, -0.2) is 15.8 Å². The number of furan rings is 1. The van der Waals surface area contributed by atoms with Gasteiger partial charge in [-0.2, -0.15) is 5.10 Å². The molecule has 98 valence electrons. The Labute approximate surface area is 108 Å². The van der Waals surface area contributed by atoms with Crippen molar-refractivity contribution in [3.05, 3.63) is 41.1 Å². The molecule has 4 heteroatoms. The summed E-state index contributed by atoms with van der Waals surface area (Å²) in [5.74, 6) is 0.997. The lowest BCUT2D eigenvalue weighted by Crippen LogP contribution is -2.22. The van der Waals surface area contributed by atoms with Crippen LogP contribution in [0.2, 0.25) is 0 Å². The maximum absolute atomic E-state index is 5.53. The molecule has 0 spiro atoms. The van der Waals surface area contributed by atoms with Crippen LogP contribution in [0.4, 0.5) is 0 Å². The van der Waals surface area contributed by atoms with Gasteiger partial charge in [0.2, 0.25) is 0 Å². The average molecular weight is 247 g/mol. The van der Waals surface area contributed by atoms with Gasteiger partial charge < -0.3 is 9.73 Å². The van der Waals surface area contributed by atoms with Crippen molar-refractivity contribution in [1.29, 1.82) is 0 Å². The van der Waals surface area contributed by atoms with Crippen molar-refractivity contribution >= 4 is 0 Å². The molecule has 0 fully saturated rings. The van der Waals surface area contributed by atoms with E-state index in [9.17, 15) is 0 Å². The summed E-state index contributed by atoms with van der Waals surface area (Å²) in [7, 11) is 0. The maximum Gasteiger partial charge on any atom is 0.122 e. The van der Waals surface area contributed by atoms with Crippen molar-refractivity contribution in [2.24, 2.45) is 0 Å². The molecule has 0 aliphatic heterocycles. The fourth-order valence-corrected chi connectivity index (χ4v) is 1.96. The van der Waals surface area contributed by atoms with Gasteiger partial charge in [-0.25, -0.2) is 0 Å². The third-order valence-corrected chi connectivity index (χ3v) is 2.93. The molecule has 18 heavy (non-hydrogen) atoms. The fourth-order valence-electron chi connectivity index (χ4n) is 1.96. The van der Waals surface area contributed by atoms with Crippen LogP contribution < -0.4 is 5.32 Å². The molecular weight excluding hydrogens is 226 g/mol. The van der Waals surface area contributed by atoms with E-state index in [1.54, 1.807) is 6.26 Å². The first-order chi connectivity index (χ1) is 8.56. The molecule has 0 atom stereocenters. The molecule has 2 heterocycles. The zero-order valence-electron chi connectivity index (χ0n) is 11.5. The zero-order valence-corrected chi connectivity index (χ0v) is 11.5. The number of rotatable bonds is 5. The molecule has 2 aromatic rings. The molecule has 0 amide bonds. The quantitative estimate of drug-likeness (QED) is 0.883. The van der Waals surface area contributed by atoms with E-state index in [4.69, 9.17) is 4.42 Å². The number of aromatic nitrogens is 2. The van der Waals surface area contributed by atoms with Gasteiger partial charge in [0.1, 0.15) is 5.76 Å². The summed E-state index contributed by atoms with van der Waals surface area (Å²) in [6, 6.07) is 4.57. The molecule has 0 saturated heterocycles. The highest BCUT2D eigenvalue weighted by atomic mass is 16.3. The smallest absolute Gasteiger partial charge is 0.122 e. The van der Waals surface area contributed by atoms with Crippen molar-refractivity contribution < 1.29 is 4.42 Å². The molecule has 2 aromatic heterocycles. The summed E-state index contributed by atoms with van der Waals surface area (Å²) in [5.41, 5.74) is 3.42. The average Bonchev–Trinajstić information content (AvgIpc) is 2.84. The van der Waals surface area contributed by atoms with E-state index in [1.807, 2.05) is 17.7 Å². The number of aryl methyl sites for hydroxylation is 2. The third kappa shape index (κ3) is 3.01. The molecule has 0 aromatic carbocycles. The lowest BCUT2D eigenvalue weighted by Gasteiger charge is -2.08. The lowest BCUT2D eigenvalue weighted by molar-refractivity contribution is 0.457. The normalized spacial score (nSPS) is 11.4. The summed E-state index contributed by atoms with van der Waals surface area (Å²) < 4.78 is 7.54. The fraction of sp³-hybridized carbons (Fsp3) is 0.500. The minimum absolute atomic E-state index is 0.455. The van der Waals surface area contributed by atoms with E-state index < -0.39 is 0 Å². The largest absolute Gasteiger partial charge is 0.468 e. The Morgan fingerprint density at radius 1 is 1.39 bits per heavy atom. The topological polar surface area (TPSA) is 43.0 Å². The predicted octanol–water partition coefficient (Wildman–Crippen LogP) is 2.64. The van der Waals surface area contributed by atoms with E-state index in [0.29, 0.717) is 6.04 Å². The highest BCUT2D eigenvalue weighted by Crippen LogP contribution is 2.14. The van der Waals surface area contributed by atoms with Gasteiger partial charge in [-0.15, -0.1) is 0 Å². The van der Waals surface area contributed by atoms with Crippen LogP contribution >= 0.6 is 0 Å². The Hall–Kier alpha value is -1.55. The molecule has 0 aliphatic rings. The zero-order chi connectivity index (χ0) is 13.1. The number of hydrogen-bond donors (Lipinski definition) is 1. The summed E-state index contributed by atoms with van der Waals surface area (Å²) in [6.45, 7) is 9.88. The SMILES string of the molecule is Cc1cc(C)n(Cc2ccoc2CNC(C)C)n1. The van der Waals surface area contributed by atoms with E-state index in [2.05, 4.69) is 37.3 Å². The van der Waals surface area contributed by atoms with E-state index in [-0.39, 0.29) is 0 Å². The van der Waals surface area contributed by atoms with Crippen molar-refractivity contribution in [1.82, 2.24) is 15.1 Å². The van der Waals surface area contributed by atoms with Gasteiger partial charge in [0.05, 0.1) is 25.0 Å². The Bertz CT molecular complexity index is 511. The van der Waals surface area contributed by atoms with Gasteiger partial charge in [-0.05, 0) is 26.0 Å². The first-order valence-electron chi connectivity index (χ1n) is 6.36. The van der Waals surface area contributed by atoms with Crippen molar-refractivity contribution in [2.75, 3.05) is 0 Å². The molecule has 0 bridgehead atoms. The molecule has 0 saturated carbocycles. The van der Waals surface area contributed by atoms with Gasteiger partial charge in [0, 0.05) is 17.3 Å². The van der Waals surface area contributed by atoms with Gasteiger partial charge >= 0.3 is 0 Å². The maximum atomic E-state index is 5.53. The second-order valence-corrected chi connectivity index (χ2v) is 4.99. The third-order valence-electron chi connectivity index (χ3n) is 2.93. The summed E-state index contributed by atoms with van der Waals surface area (Å²) >= 11 is 0. The van der Waals surface area contributed by atoms with Crippen LogP contribution in [0.1, 0.15) is 36.6 Å². The number of nitrogens with zero attached hydrogens (tertiary/aromatic N) is 2. The summed E-state index contributed by atoms with van der Waals surface area (Å²) in [4.78, 5) is 0. The van der Waals surface area contributed by atoms with Crippen LogP contribution in [0, 0.1) is 13.8 Å². The monoisotopic (exact) mass is 247 g/mol. The number of nitrogens with one attached hydrogen (secondary N) is 1. The van der Waals surface area contributed by atoms with Gasteiger partial charge in [0.25, 0.3) is 0 Å². The van der Waals surface area contributed by atoms with Crippen LogP contribution in [0.5, 0.6) is 0 Å². The second-order valence-electron chi connectivity index (χ2n) is 4.99. The number of hydrogen-bond acceptors (Lipinski definition) is 3. The van der Waals surface area contributed by atoms with Gasteiger partial charge in [-0.1, -0.05) is 13.8 Å². The van der Waals surface area contributed by atoms with Gasteiger partial charge in [-0.3, -0.25) is 4.68 Å². The highest BCUT2D eigenvalue weighted by molar-refractivity contribution is 5.19. The minimum Gasteiger partial charge on any atom is -0.468 e. The van der Waals surface area contributed by atoms with Crippen LogP contribution in [0.3, 0.4) is 0 Å². The molecular formula is C14H21N3O. The first kappa shape index (κ1) is 12.9.